The fraction of sp³-hybridized carbons (Fsp3) is 0.959. The molecule has 3 aliphatic rings. The number of rotatable bonds is 61. The zero-order valence-electron chi connectivity index (χ0n) is 60.3. The summed E-state index contributed by atoms with van der Waals surface area (Å²) in [6, 6.07) is 0. The van der Waals surface area contributed by atoms with Crippen molar-refractivity contribution in [2.24, 2.45) is 0 Å². The van der Waals surface area contributed by atoms with Crippen molar-refractivity contribution < 1.29 is 117 Å². The van der Waals surface area contributed by atoms with Gasteiger partial charge in [0.25, 0.3) is 0 Å². The van der Waals surface area contributed by atoms with E-state index in [4.69, 9.17) is 42.2 Å². The maximum Gasteiger partial charge on any atom is 0.472 e. The highest BCUT2D eigenvalue weighted by atomic mass is 31.2. The van der Waals surface area contributed by atoms with Gasteiger partial charge >= 0.3 is 25.7 Å². The Labute approximate surface area is 587 Å². The molecule has 0 spiro atoms. The smallest absolute Gasteiger partial charge is 0.463 e. The quantitative estimate of drug-likeness (QED) is 0.0117. The lowest BCUT2D eigenvalue weighted by molar-refractivity contribution is -0.360. The van der Waals surface area contributed by atoms with E-state index >= 15 is 0 Å². The Morgan fingerprint density at radius 3 is 1.00 bits per heavy atom. The first-order valence-electron chi connectivity index (χ1n) is 38.8. The fourth-order valence-corrected chi connectivity index (χ4v) is 14.0. The lowest BCUT2D eigenvalue weighted by Crippen LogP contribution is -2.69. The molecule has 578 valence electrons. The van der Waals surface area contributed by atoms with E-state index in [1.165, 1.54) is 167 Å². The Bertz CT molecular complexity index is 2030. The number of esters is 3. The van der Waals surface area contributed by atoms with Crippen LogP contribution in [0, 0.1) is 0 Å². The number of carbonyl (C=O) groups is 3. The van der Waals surface area contributed by atoms with Crippen LogP contribution in [0.25, 0.3) is 0 Å². The Balaban J connectivity index is 1.72. The molecule has 18 unspecified atom stereocenters. The zero-order valence-corrected chi connectivity index (χ0v) is 61.2. The second-order valence-corrected chi connectivity index (χ2v) is 29.5. The molecule has 0 aromatic heterocycles. The first-order chi connectivity index (χ1) is 47.3. The molecule has 98 heavy (non-hydrogen) atoms. The van der Waals surface area contributed by atoms with Gasteiger partial charge in [0.15, 0.2) is 18.7 Å². The Morgan fingerprint density at radius 2 is 0.653 bits per heavy atom. The summed E-state index contributed by atoms with van der Waals surface area (Å²) >= 11 is 0. The van der Waals surface area contributed by atoms with E-state index < -0.39 is 156 Å². The lowest BCUT2D eigenvalue weighted by Gasteiger charge is -2.49. The molecule has 2 saturated heterocycles. The highest BCUT2D eigenvalue weighted by molar-refractivity contribution is 7.47. The molecule has 1 aliphatic carbocycles. The fourth-order valence-electron chi connectivity index (χ4n) is 13.1. The van der Waals surface area contributed by atoms with Crippen molar-refractivity contribution in [3.63, 3.8) is 0 Å². The molecule has 24 nitrogen and oxygen atoms in total. The van der Waals surface area contributed by atoms with E-state index in [2.05, 4.69) is 20.8 Å². The monoisotopic (exact) mass is 1430 g/mol. The summed E-state index contributed by atoms with van der Waals surface area (Å²) in [6.45, 7) is 3.48. The van der Waals surface area contributed by atoms with Crippen molar-refractivity contribution in [1.29, 1.82) is 0 Å². The number of hydrogen-bond donors (Lipinski definition) is 11. The predicted octanol–water partition coefficient (Wildman–Crippen LogP) is 11.0. The average molecular weight is 1430 g/mol. The van der Waals surface area contributed by atoms with Crippen molar-refractivity contribution in [1.82, 2.24) is 0 Å². The van der Waals surface area contributed by atoms with E-state index in [-0.39, 0.29) is 19.3 Å². The second kappa shape index (κ2) is 55.4. The van der Waals surface area contributed by atoms with E-state index in [1.54, 1.807) is 0 Å². The summed E-state index contributed by atoms with van der Waals surface area (Å²) in [5, 5.41) is 110. The summed E-state index contributed by atoms with van der Waals surface area (Å²) in [5.74, 6) is -1.97. The van der Waals surface area contributed by atoms with Crippen molar-refractivity contribution in [2.45, 2.75) is 420 Å². The molecule has 3 rings (SSSR count). The van der Waals surface area contributed by atoms with Crippen LogP contribution in [0.1, 0.15) is 316 Å². The van der Waals surface area contributed by atoms with Gasteiger partial charge in [-0.1, -0.05) is 278 Å². The second-order valence-electron chi connectivity index (χ2n) is 28.1. The van der Waals surface area contributed by atoms with Crippen LogP contribution in [0.2, 0.25) is 0 Å². The van der Waals surface area contributed by atoms with Crippen molar-refractivity contribution in [3.8, 4) is 0 Å². The van der Waals surface area contributed by atoms with Gasteiger partial charge in [-0.15, -0.1) is 0 Å². The third kappa shape index (κ3) is 38.1. The summed E-state index contributed by atoms with van der Waals surface area (Å²) in [7, 11) is -5.69. The standard InChI is InChI=1S/C73H137O24P/c1-4-7-10-13-16-19-22-25-28-31-34-37-40-43-46-49-59(77)92-54(51-89-57(75)47-44-41-38-35-32-29-26-23-20-17-14-11-8-5-2)52-91-98(87,88)97-71-69(95-72-67(85)62(80)60(78)55(50-74)93-72)65(83)64(82)66(84)70(71)96-73-68(86)63(81)61(79)56(94-73)53-90-58(76)48-45-42-39-36-33-30-27-24-21-18-15-12-9-6-3/h54-56,60-74,78-86H,4-53H2,1-3H3,(H,87,88). The third-order valence-electron chi connectivity index (χ3n) is 19.4. The summed E-state index contributed by atoms with van der Waals surface area (Å²) in [6.07, 6.45) is 13.0. The number of unbranched alkanes of at least 4 members (excludes halogenated alkanes) is 40. The highest BCUT2D eigenvalue weighted by Crippen LogP contribution is 2.49. The maximum absolute atomic E-state index is 14.3. The number of aliphatic hydroxyl groups excluding tert-OH is 10. The summed E-state index contributed by atoms with van der Waals surface area (Å²) < 4.78 is 65.1. The number of phosphoric ester groups is 1. The molecular formula is C73H137O24P. The van der Waals surface area contributed by atoms with Gasteiger partial charge in [-0.3, -0.25) is 23.4 Å². The van der Waals surface area contributed by atoms with Crippen LogP contribution in [-0.4, -0.2) is 204 Å². The Morgan fingerprint density at radius 1 is 0.357 bits per heavy atom. The van der Waals surface area contributed by atoms with Crippen LogP contribution in [0.3, 0.4) is 0 Å². The summed E-state index contributed by atoms with van der Waals surface area (Å²) in [5.41, 5.74) is 0. The molecule has 25 heteroatoms. The van der Waals surface area contributed by atoms with Crippen molar-refractivity contribution in [3.05, 3.63) is 0 Å². The Hall–Kier alpha value is -2.04. The molecule has 0 aromatic rings. The molecular weight excluding hydrogens is 1290 g/mol. The third-order valence-corrected chi connectivity index (χ3v) is 20.4. The van der Waals surface area contributed by atoms with Crippen LogP contribution in [0.5, 0.6) is 0 Å². The van der Waals surface area contributed by atoms with Gasteiger partial charge in [-0.05, 0) is 19.3 Å². The van der Waals surface area contributed by atoms with Crippen LogP contribution < -0.4 is 0 Å². The molecule has 0 aromatic carbocycles. The van der Waals surface area contributed by atoms with E-state index in [9.17, 15) is 74.9 Å². The molecule has 2 aliphatic heterocycles. The highest BCUT2D eigenvalue weighted by Gasteiger charge is 2.58. The van der Waals surface area contributed by atoms with Crippen LogP contribution in [0.4, 0.5) is 0 Å². The minimum Gasteiger partial charge on any atom is -0.463 e. The van der Waals surface area contributed by atoms with Crippen LogP contribution in [-0.2, 0) is 61.2 Å². The first kappa shape index (κ1) is 90.2. The van der Waals surface area contributed by atoms with Gasteiger partial charge in [0.2, 0.25) is 0 Å². The number of aliphatic hydroxyl groups is 10. The molecule has 3 fully saturated rings. The molecule has 1 saturated carbocycles. The largest absolute Gasteiger partial charge is 0.472 e. The van der Waals surface area contributed by atoms with Gasteiger partial charge in [-0.2, -0.15) is 0 Å². The molecule has 0 amide bonds. The van der Waals surface area contributed by atoms with Gasteiger partial charge in [0, 0.05) is 19.3 Å². The van der Waals surface area contributed by atoms with Gasteiger partial charge in [0.1, 0.15) is 98.7 Å². The summed E-state index contributed by atoms with van der Waals surface area (Å²) in [4.78, 5) is 51.0. The van der Waals surface area contributed by atoms with E-state index in [1.807, 2.05) is 0 Å². The normalized spacial score (nSPS) is 27.6. The molecule has 0 radical (unpaired) electrons. The SMILES string of the molecule is CCCCCCCCCCCCCCCCCC(=O)OC(COC(=O)CCCCCCCCCCCCCCCC)COP(=O)(O)OC1C(OC2OC(CO)C(O)C(O)C2O)C(O)C(O)C(O)C1OC1OC(COC(=O)CCCCCCCCCCCCCCCC)C(O)C(O)C1O. The van der Waals surface area contributed by atoms with Crippen LogP contribution in [0.15, 0.2) is 0 Å². The number of phosphoric acid groups is 1. The zero-order chi connectivity index (χ0) is 71.8. The lowest BCUT2D eigenvalue weighted by atomic mass is 9.84. The van der Waals surface area contributed by atoms with Crippen molar-refractivity contribution in [2.75, 3.05) is 26.4 Å². The molecule has 2 heterocycles. The van der Waals surface area contributed by atoms with Gasteiger partial charge < -0.3 is 89.1 Å². The van der Waals surface area contributed by atoms with Crippen LogP contribution >= 0.6 is 7.82 Å². The number of ether oxygens (including phenoxy) is 7. The Kier molecular flexibility index (Phi) is 51.0. The number of carbonyl (C=O) groups excluding carboxylic acids is 3. The maximum atomic E-state index is 14.3. The van der Waals surface area contributed by atoms with E-state index in [0.29, 0.717) is 19.3 Å². The molecule has 0 bridgehead atoms. The minimum atomic E-state index is -5.69. The van der Waals surface area contributed by atoms with E-state index in [0.717, 1.165) is 89.9 Å². The van der Waals surface area contributed by atoms with Crippen molar-refractivity contribution >= 4 is 25.7 Å². The average Bonchev–Trinajstić information content (AvgIpc) is 0.762. The van der Waals surface area contributed by atoms with Gasteiger partial charge in [-0.25, -0.2) is 4.57 Å². The first-order valence-corrected chi connectivity index (χ1v) is 40.3. The molecule has 11 N–H and O–H groups in total. The van der Waals surface area contributed by atoms with Gasteiger partial charge in [0.05, 0.1) is 13.2 Å². The topological polar surface area (TPSA) is 374 Å². The molecule has 18 atom stereocenters. The number of hydrogen-bond acceptors (Lipinski definition) is 23. The predicted molar refractivity (Wildman–Crippen MR) is 370 cm³/mol. The minimum absolute atomic E-state index is 0.0329.